The fraction of sp³-hybridized carbons (Fsp3) is 0.667. The van der Waals surface area contributed by atoms with Crippen LogP contribution in [0.1, 0.15) is 19.8 Å². The minimum absolute atomic E-state index is 0.0321. The van der Waals surface area contributed by atoms with Crippen LogP contribution in [0.15, 0.2) is 18.7 Å². The number of imidazole rings is 1. The highest BCUT2D eigenvalue weighted by Crippen LogP contribution is 2.18. The Balaban J connectivity index is 1.77. The summed E-state index contributed by atoms with van der Waals surface area (Å²) >= 11 is 0. The summed E-state index contributed by atoms with van der Waals surface area (Å²) in [7, 11) is 0. The second-order valence-electron chi connectivity index (χ2n) is 4.73. The zero-order valence-electron chi connectivity index (χ0n) is 10.6. The Hall–Kier alpha value is -1.40. The summed E-state index contributed by atoms with van der Waals surface area (Å²) < 4.78 is 7.49. The molecule has 0 spiro atoms. The first kappa shape index (κ1) is 13.0. The van der Waals surface area contributed by atoms with E-state index < -0.39 is 0 Å². The highest BCUT2D eigenvalue weighted by atomic mass is 16.5. The van der Waals surface area contributed by atoms with Crippen LogP contribution in [-0.2, 0) is 16.1 Å². The third-order valence-corrected chi connectivity index (χ3v) is 3.10. The minimum atomic E-state index is -0.344. The number of carbonyl (C=O) groups is 1. The zero-order chi connectivity index (χ0) is 13.0. The Morgan fingerprint density at radius 2 is 2.50 bits per heavy atom. The monoisotopic (exact) mass is 252 g/mol. The molecule has 0 radical (unpaired) electrons. The molecule has 2 rings (SSSR count). The van der Waals surface area contributed by atoms with Crippen molar-refractivity contribution in [1.82, 2.24) is 14.9 Å². The number of rotatable bonds is 5. The number of ether oxygens (including phenoxy) is 1. The first-order valence-corrected chi connectivity index (χ1v) is 6.30. The molecule has 1 amide bonds. The number of nitrogens with zero attached hydrogens (tertiary/aromatic N) is 2. The van der Waals surface area contributed by atoms with Gasteiger partial charge in [0.2, 0.25) is 5.91 Å². The number of carbonyl (C=O) groups excluding carboxylic acids is 1. The summed E-state index contributed by atoms with van der Waals surface area (Å²) in [6.07, 6.45) is 6.64. The molecule has 1 aromatic rings. The fourth-order valence-electron chi connectivity index (χ4n) is 2.16. The predicted molar refractivity (Wildman–Crippen MR) is 66.8 cm³/mol. The molecule has 1 aliphatic rings. The molecule has 6 nitrogen and oxygen atoms in total. The SMILES string of the molecule is CC(Cn1ccnc1)NC(=O)[C@@H]1CC[C@H](CN)O1. The Morgan fingerprint density at radius 3 is 3.11 bits per heavy atom. The van der Waals surface area contributed by atoms with Crippen molar-refractivity contribution < 1.29 is 9.53 Å². The average Bonchev–Trinajstić information content (AvgIpc) is 2.98. The Bertz CT molecular complexity index is 379. The van der Waals surface area contributed by atoms with Crippen molar-refractivity contribution in [2.24, 2.45) is 5.73 Å². The summed E-state index contributed by atoms with van der Waals surface area (Å²) in [6, 6.07) is 0.0484. The number of nitrogens with two attached hydrogens (primary N) is 1. The standard InChI is InChI=1S/C12H20N4O2/c1-9(7-16-5-4-14-8-16)15-12(17)11-3-2-10(6-13)18-11/h4-5,8-11H,2-3,6-7,13H2,1H3,(H,15,17)/t9?,10-,11+/m1/s1. The first-order valence-electron chi connectivity index (χ1n) is 6.30. The van der Waals surface area contributed by atoms with Crippen LogP contribution in [0.3, 0.4) is 0 Å². The van der Waals surface area contributed by atoms with Crippen LogP contribution < -0.4 is 11.1 Å². The Morgan fingerprint density at radius 1 is 1.67 bits per heavy atom. The van der Waals surface area contributed by atoms with Gasteiger partial charge >= 0.3 is 0 Å². The van der Waals surface area contributed by atoms with Gasteiger partial charge in [0.25, 0.3) is 0 Å². The molecule has 1 saturated heterocycles. The van der Waals surface area contributed by atoms with Crippen LogP contribution in [0.2, 0.25) is 0 Å². The van der Waals surface area contributed by atoms with Gasteiger partial charge in [-0.3, -0.25) is 4.79 Å². The quantitative estimate of drug-likeness (QED) is 0.766. The predicted octanol–water partition coefficient (Wildman–Crippen LogP) is -0.106. The van der Waals surface area contributed by atoms with E-state index in [1.807, 2.05) is 17.7 Å². The summed E-state index contributed by atoms with van der Waals surface area (Å²) in [5.74, 6) is -0.0430. The molecular weight excluding hydrogens is 232 g/mol. The normalized spacial score (nSPS) is 25.0. The van der Waals surface area contributed by atoms with Crippen molar-refractivity contribution in [2.75, 3.05) is 6.54 Å². The van der Waals surface area contributed by atoms with Gasteiger partial charge in [-0.25, -0.2) is 4.98 Å². The van der Waals surface area contributed by atoms with E-state index in [0.717, 1.165) is 12.8 Å². The summed E-state index contributed by atoms with van der Waals surface area (Å²) in [4.78, 5) is 15.9. The van der Waals surface area contributed by atoms with Gasteiger partial charge in [-0.15, -0.1) is 0 Å². The van der Waals surface area contributed by atoms with Gasteiger partial charge in [0.1, 0.15) is 6.10 Å². The molecule has 6 heteroatoms. The van der Waals surface area contributed by atoms with Crippen molar-refractivity contribution in [3.63, 3.8) is 0 Å². The average molecular weight is 252 g/mol. The maximum atomic E-state index is 11.9. The number of hydrogen-bond donors (Lipinski definition) is 2. The smallest absolute Gasteiger partial charge is 0.249 e. The molecular formula is C12H20N4O2. The van der Waals surface area contributed by atoms with Crippen molar-refractivity contribution in [3.8, 4) is 0 Å². The fourth-order valence-corrected chi connectivity index (χ4v) is 2.16. The molecule has 0 saturated carbocycles. The van der Waals surface area contributed by atoms with E-state index in [2.05, 4.69) is 10.3 Å². The van der Waals surface area contributed by atoms with Gasteiger partial charge in [-0.05, 0) is 19.8 Å². The van der Waals surface area contributed by atoms with E-state index >= 15 is 0 Å². The molecule has 1 aliphatic heterocycles. The highest BCUT2D eigenvalue weighted by molar-refractivity contribution is 5.81. The van der Waals surface area contributed by atoms with Crippen LogP contribution in [-0.4, -0.2) is 40.3 Å². The van der Waals surface area contributed by atoms with Crippen molar-refractivity contribution in [3.05, 3.63) is 18.7 Å². The molecule has 2 heterocycles. The second kappa shape index (κ2) is 5.97. The molecule has 1 aromatic heterocycles. The van der Waals surface area contributed by atoms with Crippen LogP contribution in [0, 0.1) is 0 Å². The van der Waals surface area contributed by atoms with Gasteiger partial charge in [0.05, 0.1) is 12.4 Å². The van der Waals surface area contributed by atoms with Crippen molar-refractivity contribution >= 4 is 5.91 Å². The third kappa shape index (κ3) is 3.30. The van der Waals surface area contributed by atoms with E-state index in [0.29, 0.717) is 13.1 Å². The number of hydrogen-bond acceptors (Lipinski definition) is 4. The molecule has 0 aromatic carbocycles. The molecule has 3 atom stereocenters. The topological polar surface area (TPSA) is 82.2 Å². The third-order valence-electron chi connectivity index (χ3n) is 3.10. The number of nitrogens with one attached hydrogen (secondary N) is 1. The zero-order valence-corrected chi connectivity index (χ0v) is 10.6. The summed E-state index contributed by atoms with van der Waals surface area (Å²) in [6.45, 7) is 3.15. The van der Waals surface area contributed by atoms with Gasteiger partial charge < -0.3 is 20.4 Å². The number of aromatic nitrogens is 2. The maximum absolute atomic E-state index is 11.9. The Kier molecular flexibility index (Phi) is 4.33. The van der Waals surface area contributed by atoms with Crippen LogP contribution >= 0.6 is 0 Å². The van der Waals surface area contributed by atoms with Crippen LogP contribution in [0.5, 0.6) is 0 Å². The molecule has 1 unspecified atom stereocenters. The van der Waals surface area contributed by atoms with Gasteiger partial charge in [0.15, 0.2) is 0 Å². The largest absolute Gasteiger partial charge is 0.364 e. The molecule has 3 N–H and O–H groups in total. The lowest BCUT2D eigenvalue weighted by atomic mass is 10.2. The van der Waals surface area contributed by atoms with E-state index in [1.54, 1.807) is 12.5 Å². The molecule has 100 valence electrons. The van der Waals surface area contributed by atoms with Crippen molar-refractivity contribution in [1.29, 1.82) is 0 Å². The summed E-state index contributed by atoms with van der Waals surface area (Å²) in [5, 5.41) is 2.95. The summed E-state index contributed by atoms with van der Waals surface area (Å²) in [5.41, 5.74) is 5.52. The lowest BCUT2D eigenvalue weighted by molar-refractivity contribution is -0.132. The molecule has 0 aliphatic carbocycles. The number of amides is 1. The Labute approximate surface area is 107 Å². The van der Waals surface area contributed by atoms with Gasteiger partial charge in [-0.2, -0.15) is 0 Å². The van der Waals surface area contributed by atoms with Gasteiger partial charge in [0, 0.05) is 31.5 Å². The first-order chi connectivity index (χ1) is 8.69. The van der Waals surface area contributed by atoms with E-state index in [4.69, 9.17) is 10.5 Å². The van der Waals surface area contributed by atoms with Crippen LogP contribution in [0.4, 0.5) is 0 Å². The molecule has 1 fully saturated rings. The van der Waals surface area contributed by atoms with E-state index in [-0.39, 0.29) is 24.2 Å². The van der Waals surface area contributed by atoms with E-state index in [9.17, 15) is 4.79 Å². The molecule has 18 heavy (non-hydrogen) atoms. The lowest BCUT2D eigenvalue weighted by Gasteiger charge is -2.18. The lowest BCUT2D eigenvalue weighted by Crippen LogP contribution is -2.42. The van der Waals surface area contributed by atoms with Gasteiger partial charge in [-0.1, -0.05) is 0 Å². The minimum Gasteiger partial charge on any atom is -0.364 e. The van der Waals surface area contributed by atoms with Crippen LogP contribution in [0.25, 0.3) is 0 Å². The highest BCUT2D eigenvalue weighted by Gasteiger charge is 2.30. The van der Waals surface area contributed by atoms with Crippen molar-refractivity contribution in [2.45, 2.75) is 44.6 Å². The second-order valence-corrected chi connectivity index (χ2v) is 4.73. The maximum Gasteiger partial charge on any atom is 0.249 e. The molecule has 0 bridgehead atoms. The van der Waals surface area contributed by atoms with E-state index in [1.165, 1.54) is 0 Å².